The molecule has 3 rings (SSSR count). The molecule has 2 aromatic heterocycles. The smallest absolute Gasteiger partial charge is 0.319 e. The van der Waals surface area contributed by atoms with E-state index in [9.17, 15) is 4.79 Å². The molecule has 0 aliphatic carbocycles. The molecule has 0 saturated heterocycles. The van der Waals surface area contributed by atoms with Gasteiger partial charge >= 0.3 is 5.97 Å². The molecule has 8 heteroatoms. The zero-order valence-electron chi connectivity index (χ0n) is 14.3. The fourth-order valence-electron chi connectivity index (χ4n) is 2.34. The molecule has 0 spiro atoms. The molecule has 3 aromatic rings. The van der Waals surface area contributed by atoms with Crippen LogP contribution in [0, 0.1) is 6.92 Å². The Morgan fingerprint density at radius 2 is 2.00 bits per heavy atom. The lowest BCUT2D eigenvalue weighted by Crippen LogP contribution is -2.19. The van der Waals surface area contributed by atoms with Crippen LogP contribution < -0.4 is 0 Å². The lowest BCUT2D eigenvalue weighted by molar-refractivity contribution is -0.142. The van der Waals surface area contributed by atoms with E-state index in [1.165, 1.54) is 23.7 Å². The normalized spacial score (nSPS) is 12.3. The van der Waals surface area contributed by atoms with Crippen molar-refractivity contribution >= 4 is 28.9 Å². The van der Waals surface area contributed by atoms with Crippen molar-refractivity contribution in [3.8, 4) is 5.69 Å². The maximum Gasteiger partial charge on any atom is 0.319 e. The number of hydrogen-bond donors (Lipinski definition) is 0. The molecule has 0 aliphatic heterocycles. The van der Waals surface area contributed by atoms with Gasteiger partial charge in [-0.1, -0.05) is 41.6 Å². The summed E-state index contributed by atoms with van der Waals surface area (Å²) in [6.07, 6.45) is 2.11. The van der Waals surface area contributed by atoms with Gasteiger partial charge in [-0.05, 0) is 32.4 Å². The fraction of sp³-hybridized carbons (Fsp3) is 0.353. The first-order chi connectivity index (χ1) is 12.1. The van der Waals surface area contributed by atoms with E-state index < -0.39 is 0 Å². The Balaban J connectivity index is 1.95. The minimum atomic E-state index is -0.331. The van der Waals surface area contributed by atoms with Crippen LogP contribution in [-0.2, 0) is 9.53 Å². The fourth-order valence-corrected chi connectivity index (χ4v) is 3.29. The average molecular weight is 357 g/mol. The van der Waals surface area contributed by atoms with Gasteiger partial charge in [0.15, 0.2) is 11.2 Å². The van der Waals surface area contributed by atoms with Gasteiger partial charge in [0.25, 0.3) is 0 Å². The summed E-state index contributed by atoms with van der Waals surface area (Å²) in [5.41, 5.74) is 3.23. The van der Waals surface area contributed by atoms with E-state index >= 15 is 0 Å². The maximum atomic E-state index is 12.0. The molecular formula is C17H19N5O2S. The molecule has 0 saturated carbocycles. The SMILES string of the molecule is CCOC(=O)C(CC)Sc1ncnc2c1nnn2-c1ccc(C)cc1. The van der Waals surface area contributed by atoms with Gasteiger partial charge in [0.1, 0.15) is 16.6 Å². The van der Waals surface area contributed by atoms with Gasteiger partial charge < -0.3 is 4.74 Å². The molecule has 2 heterocycles. The third-order valence-electron chi connectivity index (χ3n) is 3.66. The molecule has 7 nitrogen and oxygen atoms in total. The maximum absolute atomic E-state index is 12.0. The monoisotopic (exact) mass is 357 g/mol. The number of carbonyl (C=O) groups excluding carboxylic acids is 1. The van der Waals surface area contributed by atoms with E-state index in [-0.39, 0.29) is 11.2 Å². The van der Waals surface area contributed by atoms with Crippen molar-refractivity contribution in [2.75, 3.05) is 6.61 Å². The van der Waals surface area contributed by atoms with Gasteiger partial charge in [-0.2, -0.15) is 4.68 Å². The van der Waals surface area contributed by atoms with Crippen LogP contribution >= 0.6 is 11.8 Å². The summed E-state index contributed by atoms with van der Waals surface area (Å²) >= 11 is 1.34. The molecule has 0 bridgehead atoms. The predicted molar refractivity (Wildman–Crippen MR) is 95.8 cm³/mol. The van der Waals surface area contributed by atoms with E-state index in [4.69, 9.17) is 4.74 Å². The number of carbonyl (C=O) groups is 1. The van der Waals surface area contributed by atoms with Crippen molar-refractivity contribution in [3.63, 3.8) is 0 Å². The molecule has 1 unspecified atom stereocenters. The second-order valence-corrected chi connectivity index (χ2v) is 6.65. The van der Waals surface area contributed by atoms with E-state index in [2.05, 4.69) is 20.3 Å². The number of nitrogens with zero attached hydrogens (tertiary/aromatic N) is 5. The first kappa shape index (κ1) is 17.3. The zero-order valence-corrected chi connectivity index (χ0v) is 15.2. The Hall–Kier alpha value is -2.48. The van der Waals surface area contributed by atoms with Crippen LogP contribution in [0.25, 0.3) is 16.9 Å². The van der Waals surface area contributed by atoms with E-state index in [1.54, 1.807) is 11.6 Å². The summed E-state index contributed by atoms with van der Waals surface area (Å²) in [7, 11) is 0. The summed E-state index contributed by atoms with van der Waals surface area (Å²) in [4.78, 5) is 20.6. The van der Waals surface area contributed by atoms with Crippen molar-refractivity contribution in [2.24, 2.45) is 0 Å². The molecule has 0 fully saturated rings. The summed E-state index contributed by atoms with van der Waals surface area (Å²) in [6, 6.07) is 7.94. The summed E-state index contributed by atoms with van der Waals surface area (Å²) < 4.78 is 6.79. The summed E-state index contributed by atoms with van der Waals surface area (Å²) in [5.74, 6) is -0.243. The van der Waals surface area contributed by atoms with Crippen LogP contribution in [0.1, 0.15) is 25.8 Å². The standard InChI is InChI=1S/C17H19N5O2S/c1-4-13(17(23)24-5-2)25-16-14-15(18-10-19-16)22(21-20-14)12-8-6-11(3)7-9-12/h6-10,13H,4-5H2,1-3H3. The van der Waals surface area contributed by atoms with Crippen LogP contribution in [0.15, 0.2) is 35.6 Å². The lowest BCUT2D eigenvalue weighted by atomic mass is 10.2. The first-order valence-electron chi connectivity index (χ1n) is 8.10. The number of hydrogen-bond acceptors (Lipinski definition) is 7. The van der Waals surface area contributed by atoms with Crippen LogP contribution in [0.3, 0.4) is 0 Å². The molecule has 1 aromatic carbocycles. The van der Waals surface area contributed by atoms with Gasteiger partial charge in [-0.3, -0.25) is 4.79 Å². The second kappa shape index (κ2) is 7.60. The number of benzene rings is 1. The van der Waals surface area contributed by atoms with Crippen LogP contribution in [-0.4, -0.2) is 42.8 Å². The molecule has 130 valence electrons. The van der Waals surface area contributed by atoms with Gasteiger partial charge in [0, 0.05) is 0 Å². The van der Waals surface area contributed by atoms with Gasteiger partial charge in [-0.15, -0.1) is 5.10 Å². The Morgan fingerprint density at radius 1 is 1.24 bits per heavy atom. The minimum absolute atomic E-state index is 0.243. The Bertz CT molecular complexity index is 878. The highest BCUT2D eigenvalue weighted by Crippen LogP contribution is 2.29. The molecule has 1 atom stereocenters. The number of aromatic nitrogens is 5. The number of ether oxygens (including phenoxy) is 1. The summed E-state index contributed by atoms with van der Waals surface area (Å²) in [5, 5.41) is 8.73. The Morgan fingerprint density at radius 3 is 2.68 bits per heavy atom. The predicted octanol–water partition coefficient (Wildman–Crippen LogP) is 2.95. The van der Waals surface area contributed by atoms with Gasteiger partial charge in [0.2, 0.25) is 0 Å². The average Bonchev–Trinajstić information content (AvgIpc) is 3.05. The highest BCUT2D eigenvalue weighted by atomic mass is 32.2. The molecule has 25 heavy (non-hydrogen) atoms. The highest BCUT2D eigenvalue weighted by Gasteiger charge is 2.23. The van der Waals surface area contributed by atoms with Crippen molar-refractivity contribution in [1.29, 1.82) is 0 Å². The van der Waals surface area contributed by atoms with Crippen LogP contribution in [0.2, 0.25) is 0 Å². The van der Waals surface area contributed by atoms with Crippen molar-refractivity contribution < 1.29 is 9.53 Å². The molecular weight excluding hydrogens is 338 g/mol. The lowest BCUT2D eigenvalue weighted by Gasteiger charge is -2.12. The van der Waals surface area contributed by atoms with Gasteiger partial charge in [-0.25, -0.2) is 9.97 Å². The zero-order chi connectivity index (χ0) is 17.8. The largest absolute Gasteiger partial charge is 0.465 e. The number of thioether (sulfide) groups is 1. The number of rotatable bonds is 6. The van der Waals surface area contributed by atoms with Crippen molar-refractivity contribution in [1.82, 2.24) is 25.0 Å². The topological polar surface area (TPSA) is 82.8 Å². The Kier molecular flexibility index (Phi) is 5.28. The third kappa shape index (κ3) is 3.63. The van der Waals surface area contributed by atoms with E-state index in [0.29, 0.717) is 29.2 Å². The minimum Gasteiger partial charge on any atom is -0.465 e. The highest BCUT2D eigenvalue weighted by molar-refractivity contribution is 8.00. The number of aryl methyl sites for hydroxylation is 1. The van der Waals surface area contributed by atoms with Gasteiger partial charge in [0.05, 0.1) is 12.3 Å². The molecule has 0 aliphatic rings. The molecule has 0 N–H and O–H groups in total. The number of fused-ring (bicyclic) bond motifs is 1. The third-order valence-corrected chi connectivity index (χ3v) is 4.99. The van der Waals surface area contributed by atoms with Crippen molar-refractivity contribution in [2.45, 2.75) is 37.5 Å². The van der Waals surface area contributed by atoms with E-state index in [0.717, 1.165) is 5.69 Å². The molecule has 0 radical (unpaired) electrons. The second-order valence-electron chi connectivity index (χ2n) is 5.45. The Labute approximate surface area is 149 Å². The first-order valence-corrected chi connectivity index (χ1v) is 8.98. The quantitative estimate of drug-likeness (QED) is 0.381. The van der Waals surface area contributed by atoms with Crippen LogP contribution in [0.4, 0.5) is 0 Å². The molecule has 0 amide bonds. The van der Waals surface area contributed by atoms with Crippen LogP contribution in [0.5, 0.6) is 0 Å². The van der Waals surface area contributed by atoms with Crippen molar-refractivity contribution in [3.05, 3.63) is 36.2 Å². The summed E-state index contributed by atoms with van der Waals surface area (Å²) in [6.45, 7) is 6.13. The number of esters is 1. The van der Waals surface area contributed by atoms with E-state index in [1.807, 2.05) is 38.1 Å².